The van der Waals surface area contributed by atoms with Crippen molar-refractivity contribution in [1.82, 2.24) is 20.1 Å². The van der Waals surface area contributed by atoms with Crippen molar-refractivity contribution in [1.29, 1.82) is 0 Å². The molecule has 2 amide bonds. The smallest absolute Gasteiger partial charge is 0.237 e. The van der Waals surface area contributed by atoms with E-state index >= 15 is 0 Å². The summed E-state index contributed by atoms with van der Waals surface area (Å²) in [6.45, 7) is 2.02. The number of aryl methyl sites for hydroxylation is 1. The van der Waals surface area contributed by atoms with Crippen molar-refractivity contribution in [2.45, 2.75) is 18.5 Å². The molecule has 4 aromatic rings. The Kier molecular flexibility index (Phi) is 7.22. The van der Waals surface area contributed by atoms with E-state index in [-0.39, 0.29) is 24.0 Å². The van der Waals surface area contributed by atoms with Crippen LogP contribution in [0.2, 0.25) is 5.02 Å². The van der Waals surface area contributed by atoms with E-state index in [1.165, 1.54) is 11.8 Å². The number of nitrogens with one attached hydrogen (secondary N) is 1. The number of amides is 2. The first-order chi connectivity index (χ1) is 16.0. The maximum absolute atomic E-state index is 12.4. The summed E-state index contributed by atoms with van der Waals surface area (Å²) in [6, 6.07) is 24.6. The van der Waals surface area contributed by atoms with Gasteiger partial charge in [0, 0.05) is 16.3 Å². The summed E-state index contributed by atoms with van der Waals surface area (Å²) >= 11 is 7.26. The van der Waals surface area contributed by atoms with Gasteiger partial charge in [-0.25, -0.2) is 0 Å². The van der Waals surface area contributed by atoms with Crippen LogP contribution in [0.5, 0.6) is 0 Å². The Morgan fingerprint density at radius 3 is 2.30 bits per heavy atom. The zero-order chi connectivity index (χ0) is 23.2. The van der Waals surface area contributed by atoms with E-state index in [4.69, 9.17) is 11.6 Å². The van der Waals surface area contributed by atoms with E-state index in [1.807, 2.05) is 78.2 Å². The predicted octanol–water partition coefficient (Wildman–Crippen LogP) is 4.87. The molecule has 0 aliphatic rings. The molecule has 0 bridgehead atoms. The number of rotatable bonds is 7. The minimum atomic E-state index is -0.382. The van der Waals surface area contributed by atoms with Gasteiger partial charge in [0.15, 0.2) is 11.0 Å². The molecule has 3 aromatic carbocycles. The van der Waals surface area contributed by atoms with Crippen LogP contribution >= 0.6 is 23.4 Å². The first-order valence-electron chi connectivity index (χ1n) is 10.3. The van der Waals surface area contributed by atoms with Crippen molar-refractivity contribution in [2.24, 2.45) is 0 Å². The normalized spacial score (nSPS) is 10.7. The minimum Gasteiger partial charge on any atom is -0.295 e. The molecule has 6 nitrogen and oxygen atoms in total. The second-order valence-electron chi connectivity index (χ2n) is 7.41. The average molecular weight is 477 g/mol. The topological polar surface area (TPSA) is 76.9 Å². The average Bonchev–Trinajstić information content (AvgIpc) is 3.23. The van der Waals surface area contributed by atoms with Gasteiger partial charge in [-0.3, -0.25) is 19.5 Å². The van der Waals surface area contributed by atoms with Crippen LogP contribution in [0.15, 0.2) is 84.0 Å². The SMILES string of the molecule is Cc1ccc(-n2c(SCC(=O)NC(=O)Cc3ccccc3)nnc2-c2ccc(Cl)cc2)cc1. The molecule has 0 saturated heterocycles. The molecule has 0 atom stereocenters. The molecule has 0 spiro atoms. The van der Waals surface area contributed by atoms with Crippen LogP contribution < -0.4 is 5.32 Å². The quantitative estimate of drug-likeness (QED) is 0.385. The van der Waals surface area contributed by atoms with Crippen LogP contribution in [0, 0.1) is 6.92 Å². The molecule has 0 aliphatic carbocycles. The number of nitrogens with zero attached hydrogens (tertiary/aromatic N) is 3. The Morgan fingerprint density at radius 1 is 0.909 bits per heavy atom. The molecule has 0 unspecified atom stereocenters. The third-order valence-electron chi connectivity index (χ3n) is 4.85. The Bertz CT molecular complexity index is 1260. The summed E-state index contributed by atoms with van der Waals surface area (Å²) in [5.41, 5.74) is 3.70. The number of imide groups is 1. The van der Waals surface area contributed by atoms with E-state index in [9.17, 15) is 9.59 Å². The number of hydrogen-bond donors (Lipinski definition) is 1. The van der Waals surface area contributed by atoms with Gasteiger partial charge < -0.3 is 0 Å². The first kappa shape index (κ1) is 22.8. The Morgan fingerprint density at radius 2 is 1.61 bits per heavy atom. The Balaban J connectivity index is 1.51. The highest BCUT2D eigenvalue weighted by atomic mass is 35.5. The van der Waals surface area contributed by atoms with E-state index in [1.54, 1.807) is 12.1 Å². The molecule has 166 valence electrons. The molecular weight excluding hydrogens is 456 g/mol. The summed E-state index contributed by atoms with van der Waals surface area (Å²) in [7, 11) is 0. The van der Waals surface area contributed by atoms with E-state index in [0.29, 0.717) is 16.0 Å². The van der Waals surface area contributed by atoms with Crippen molar-refractivity contribution in [3.8, 4) is 17.1 Å². The van der Waals surface area contributed by atoms with E-state index in [2.05, 4.69) is 15.5 Å². The highest BCUT2D eigenvalue weighted by Crippen LogP contribution is 2.28. The fourth-order valence-corrected chi connectivity index (χ4v) is 4.10. The second kappa shape index (κ2) is 10.5. The molecule has 1 N–H and O–H groups in total. The number of halogens is 1. The molecule has 1 heterocycles. The number of carbonyl (C=O) groups excluding carboxylic acids is 2. The van der Waals surface area contributed by atoms with Crippen LogP contribution in [0.25, 0.3) is 17.1 Å². The van der Waals surface area contributed by atoms with Crippen LogP contribution in [0.1, 0.15) is 11.1 Å². The van der Waals surface area contributed by atoms with Gasteiger partial charge in [-0.2, -0.15) is 0 Å². The van der Waals surface area contributed by atoms with Crippen LogP contribution in [-0.4, -0.2) is 32.3 Å². The maximum atomic E-state index is 12.4. The Labute approximate surface area is 201 Å². The lowest BCUT2D eigenvalue weighted by Crippen LogP contribution is -2.33. The Hall–Kier alpha value is -3.42. The van der Waals surface area contributed by atoms with Crippen molar-refractivity contribution in [2.75, 3.05) is 5.75 Å². The van der Waals surface area contributed by atoms with Crippen LogP contribution in [-0.2, 0) is 16.0 Å². The molecule has 0 radical (unpaired) electrons. The molecule has 0 fully saturated rings. The van der Waals surface area contributed by atoms with Crippen molar-refractivity contribution in [3.63, 3.8) is 0 Å². The van der Waals surface area contributed by atoms with Gasteiger partial charge in [-0.1, -0.05) is 71.4 Å². The largest absolute Gasteiger partial charge is 0.295 e. The lowest BCUT2D eigenvalue weighted by Gasteiger charge is -2.11. The van der Waals surface area contributed by atoms with Crippen LogP contribution in [0.4, 0.5) is 0 Å². The molecule has 33 heavy (non-hydrogen) atoms. The van der Waals surface area contributed by atoms with Gasteiger partial charge in [0.05, 0.1) is 12.2 Å². The zero-order valence-corrected chi connectivity index (χ0v) is 19.4. The number of thioether (sulfide) groups is 1. The third-order valence-corrected chi connectivity index (χ3v) is 6.03. The molecule has 1 aromatic heterocycles. The maximum Gasteiger partial charge on any atom is 0.237 e. The summed E-state index contributed by atoms with van der Waals surface area (Å²) < 4.78 is 1.90. The number of benzene rings is 3. The number of aromatic nitrogens is 3. The fourth-order valence-electron chi connectivity index (χ4n) is 3.22. The van der Waals surface area contributed by atoms with E-state index in [0.717, 1.165) is 22.4 Å². The highest BCUT2D eigenvalue weighted by molar-refractivity contribution is 7.99. The minimum absolute atomic E-state index is 0.0329. The first-order valence-corrected chi connectivity index (χ1v) is 11.6. The van der Waals surface area contributed by atoms with Gasteiger partial charge in [0.1, 0.15) is 0 Å². The van der Waals surface area contributed by atoms with Gasteiger partial charge in [-0.05, 0) is 48.9 Å². The van der Waals surface area contributed by atoms with Gasteiger partial charge in [0.25, 0.3) is 0 Å². The lowest BCUT2D eigenvalue weighted by molar-refractivity contribution is -0.128. The molecule has 8 heteroatoms. The summed E-state index contributed by atoms with van der Waals surface area (Å²) in [6.07, 6.45) is 0.150. The summed E-state index contributed by atoms with van der Waals surface area (Å²) in [5.74, 6) is -0.0508. The molecular formula is C25H21ClN4O2S. The lowest BCUT2D eigenvalue weighted by atomic mass is 10.1. The highest BCUT2D eigenvalue weighted by Gasteiger charge is 2.18. The summed E-state index contributed by atoms with van der Waals surface area (Å²) in [4.78, 5) is 24.6. The summed E-state index contributed by atoms with van der Waals surface area (Å²) in [5, 5.41) is 12.3. The third kappa shape index (κ3) is 5.88. The van der Waals surface area contributed by atoms with E-state index < -0.39 is 0 Å². The zero-order valence-electron chi connectivity index (χ0n) is 17.9. The van der Waals surface area contributed by atoms with Crippen molar-refractivity contribution < 1.29 is 9.59 Å². The monoisotopic (exact) mass is 476 g/mol. The van der Waals surface area contributed by atoms with Crippen molar-refractivity contribution in [3.05, 3.63) is 95.0 Å². The molecule has 0 aliphatic heterocycles. The van der Waals surface area contributed by atoms with Crippen LogP contribution in [0.3, 0.4) is 0 Å². The van der Waals surface area contributed by atoms with Gasteiger partial charge >= 0.3 is 0 Å². The van der Waals surface area contributed by atoms with Gasteiger partial charge in [0.2, 0.25) is 11.8 Å². The molecule has 4 rings (SSSR count). The predicted molar refractivity (Wildman–Crippen MR) is 131 cm³/mol. The number of carbonyl (C=O) groups is 2. The van der Waals surface area contributed by atoms with Gasteiger partial charge in [-0.15, -0.1) is 10.2 Å². The van der Waals surface area contributed by atoms with Crippen molar-refractivity contribution >= 4 is 35.2 Å². The molecule has 0 saturated carbocycles. The number of hydrogen-bond acceptors (Lipinski definition) is 5. The second-order valence-corrected chi connectivity index (χ2v) is 8.79. The fraction of sp³-hybridized carbons (Fsp3) is 0.120. The standard InChI is InChI=1S/C25H21ClN4O2S/c1-17-7-13-21(14-8-17)30-24(19-9-11-20(26)12-10-19)28-29-25(30)33-16-23(32)27-22(31)15-18-5-3-2-4-6-18/h2-14H,15-16H2,1H3,(H,27,31,32).